The SMILES string of the molecule is Cc1cccc(OCC(=O)N(Cc2ccc(Br)cc2)[C@H](C)C(=O)NC2CCCC2)c1. The number of carbonyl (C=O) groups is 2. The molecule has 2 amide bonds. The van der Waals surface area contributed by atoms with Crippen LogP contribution in [0.15, 0.2) is 53.0 Å². The maximum atomic E-state index is 13.1. The summed E-state index contributed by atoms with van der Waals surface area (Å²) in [6, 6.07) is 15.0. The Morgan fingerprint density at radius 3 is 2.53 bits per heavy atom. The van der Waals surface area contributed by atoms with Gasteiger partial charge in [0.1, 0.15) is 11.8 Å². The molecule has 5 nitrogen and oxygen atoms in total. The van der Waals surface area contributed by atoms with Gasteiger partial charge in [0.15, 0.2) is 6.61 Å². The number of hydrogen-bond donors (Lipinski definition) is 1. The van der Waals surface area contributed by atoms with Gasteiger partial charge in [0.2, 0.25) is 5.91 Å². The van der Waals surface area contributed by atoms with Crippen LogP contribution < -0.4 is 10.1 Å². The molecule has 0 bridgehead atoms. The number of hydrogen-bond acceptors (Lipinski definition) is 3. The zero-order valence-corrected chi connectivity index (χ0v) is 19.2. The van der Waals surface area contributed by atoms with Crippen LogP contribution in [0.5, 0.6) is 5.75 Å². The van der Waals surface area contributed by atoms with Gasteiger partial charge in [-0.1, -0.05) is 53.0 Å². The molecule has 1 saturated carbocycles. The summed E-state index contributed by atoms with van der Waals surface area (Å²) in [5.74, 6) is 0.325. The lowest BCUT2D eigenvalue weighted by Crippen LogP contribution is -2.50. The highest BCUT2D eigenvalue weighted by molar-refractivity contribution is 9.10. The molecular formula is C24H29BrN2O3. The Hall–Kier alpha value is -2.34. The molecule has 0 spiro atoms. The van der Waals surface area contributed by atoms with Crippen LogP contribution in [-0.2, 0) is 16.1 Å². The van der Waals surface area contributed by atoms with E-state index >= 15 is 0 Å². The topological polar surface area (TPSA) is 58.6 Å². The van der Waals surface area contributed by atoms with Gasteiger partial charge in [-0.3, -0.25) is 9.59 Å². The third-order valence-corrected chi connectivity index (χ3v) is 6.02. The quantitative estimate of drug-likeness (QED) is 0.609. The Balaban J connectivity index is 1.70. The first kappa shape index (κ1) is 22.3. The predicted octanol–water partition coefficient (Wildman–Crippen LogP) is 4.61. The maximum absolute atomic E-state index is 13.1. The lowest BCUT2D eigenvalue weighted by molar-refractivity contribution is -0.142. The molecule has 1 atom stereocenters. The van der Waals surface area contributed by atoms with E-state index in [0.29, 0.717) is 12.3 Å². The fourth-order valence-electron chi connectivity index (χ4n) is 3.69. The van der Waals surface area contributed by atoms with Crippen LogP contribution in [0.25, 0.3) is 0 Å². The zero-order valence-electron chi connectivity index (χ0n) is 17.6. The number of aryl methyl sites for hydroxylation is 1. The lowest BCUT2D eigenvalue weighted by Gasteiger charge is -2.29. The van der Waals surface area contributed by atoms with Crippen molar-refractivity contribution in [2.24, 2.45) is 0 Å². The van der Waals surface area contributed by atoms with Gasteiger partial charge in [-0.15, -0.1) is 0 Å². The van der Waals surface area contributed by atoms with Crippen LogP contribution in [-0.4, -0.2) is 35.4 Å². The number of nitrogens with one attached hydrogen (secondary N) is 1. The van der Waals surface area contributed by atoms with E-state index in [9.17, 15) is 9.59 Å². The first-order chi connectivity index (χ1) is 14.4. The fourth-order valence-corrected chi connectivity index (χ4v) is 3.96. The zero-order chi connectivity index (χ0) is 21.5. The Morgan fingerprint density at radius 2 is 1.87 bits per heavy atom. The van der Waals surface area contributed by atoms with E-state index in [1.807, 2.05) is 55.5 Å². The predicted molar refractivity (Wildman–Crippen MR) is 121 cm³/mol. The van der Waals surface area contributed by atoms with E-state index in [2.05, 4.69) is 21.2 Å². The molecule has 1 aliphatic carbocycles. The number of rotatable bonds is 8. The van der Waals surface area contributed by atoms with Crippen molar-refractivity contribution in [3.8, 4) is 5.75 Å². The molecule has 0 unspecified atom stereocenters. The van der Waals surface area contributed by atoms with Crippen molar-refractivity contribution in [2.45, 2.75) is 58.2 Å². The van der Waals surface area contributed by atoms with Gasteiger partial charge in [-0.05, 0) is 62.1 Å². The van der Waals surface area contributed by atoms with Crippen molar-refractivity contribution in [1.29, 1.82) is 0 Å². The summed E-state index contributed by atoms with van der Waals surface area (Å²) in [6.07, 6.45) is 4.31. The highest BCUT2D eigenvalue weighted by Crippen LogP contribution is 2.19. The van der Waals surface area contributed by atoms with E-state index < -0.39 is 6.04 Å². The van der Waals surface area contributed by atoms with Crippen molar-refractivity contribution in [3.05, 3.63) is 64.1 Å². The standard InChI is InChI=1S/C24H29BrN2O3/c1-17-6-5-9-22(14-17)30-16-23(28)27(15-19-10-12-20(25)13-11-19)18(2)24(29)26-21-7-3-4-8-21/h5-6,9-14,18,21H,3-4,7-8,15-16H2,1-2H3,(H,26,29)/t18-/m1/s1. The smallest absolute Gasteiger partial charge is 0.261 e. The summed E-state index contributed by atoms with van der Waals surface area (Å²) in [5, 5.41) is 3.11. The Kier molecular flexibility index (Phi) is 7.91. The van der Waals surface area contributed by atoms with Crippen molar-refractivity contribution in [3.63, 3.8) is 0 Å². The van der Waals surface area contributed by atoms with Gasteiger partial charge in [0.05, 0.1) is 0 Å². The number of halogens is 1. The summed E-state index contributed by atoms with van der Waals surface area (Å²) in [4.78, 5) is 27.5. The lowest BCUT2D eigenvalue weighted by atomic mass is 10.1. The third-order valence-electron chi connectivity index (χ3n) is 5.49. The number of ether oxygens (including phenoxy) is 1. The molecule has 160 valence electrons. The van der Waals surface area contributed by atoms with Crippen molar-refractivity contribution in [2.75, 3.05) is 6.61 Å². The molecule has 0 aliphatic heterocycles. The molecule has 0 saturated heterocycles. The monoisotopic (exact) mass is 472 g/mol. The van der Waals surface area contributed by atoms with Gasteiger partial charge < -0.3 is 15.0 Å². The Bertz CT molecular complexity index is 863. The third kappa shape index (κ3) is 6.33. The van der Waals surface area contributed by atoms with Crippen LogP contribution >= 0.6 is 15.9 Å². The first-order valence-electron chi connectivity index (χ1n) is 10.5. The molecule has 3 rings (SSSR count). The molecule has 2 aromatic rings. The molecule has 2 aromatic carbocycles. The molecule has 1 aliphatic rings. The van der Waals surface area contributed by atoms with Gasteiger partial charge in [-0.25, -0.2) is 0 Å². The van der Waals surface area contributed by atoms with E-state index in [1.165, 1.54) is 0 Å². The second kappa shape index (κ2) is 10.6. The average Bonchev–Trinajstić information content (AvgIpc) is 3.24. The van der Waals surface area contributed by atoms with Crippen LogP contribution in [0.3, 0.4) is 0 Å². The number of benzene rings is 2. The van der Waals surface area contributed by atoms with Crippen LogP contribution in [0.2, 0.25) is 0 Å². The van der Waals surface area contributed by atoms with Gasteiger partial charge >= 0.3 is 0 Å². The normalized spacial score (nSPS) is 14.9. The second-order valence-electron chi connectivity index (χ2n) is 7.92. The van der Waals surface area contributed by atoms with Crippen LogP contribution in [0.1, 0.15) is 43.7 Å². The molecule has 1 fully saturated rings. The summed E-state index contributed by atoms with van der Waals surface area (Å²) >= 11 is 3.43. The fraction of sp³-hybridized carbons (Fsp3) is 0.417. The molecule has 30 heavy (non-hydrogen) atoms. The van der Waals surface area contributed by atoms with Crippen LogP contribution in [0, 0.1) is 6.92 Å². The summed E-state index contributed by atoms with van der Waals surface area (Å²) in [6.45, 7) is 4.00. The molecule has 1 N–H and O–H groups in total. The van der Waals surface area contributed by atoms with Gasteiger partial charge in [0.25, 0.3) is 5.91 Å². The summed E-state index contributed by atoms with van der Waals surface area (Å²) < 4.78 is 6.69. The van der Waals surface area contributed by atoms with E-state index in [-0.39, 0.29) is 24.5 Å². The van der Waals surface area contributed by atoms with Gasteiger partial charge in [0, 0.05) is 17.1 Å². The molecule has 0 radical (unpaired) electrons. The minimum Gasteiger partial charge on any atom is -0.484 e. The van der Waals surface area contributed by atoms with E-state index in [1.54, 1.807) is 11.8 Å². The summed E-state index contributed by atoms with van der Waals surface area (Å²) in [5.41, 5.74) is 2.03. The maximum Gasteiger partial charge on any atom is 0.261 e. The minimum atomic E-state index is -0.581. The molecular weight excluding hydrogens is 444 g/mol. The number of carbonyl (C=O) groups excluding carboxylic acids is 2. The first-order valence-corrected chi connectivity index (χ1v) is 11.3. The largest absolute Gasteiger partial charge is 0.484 e. The Morgan fingerprint density at radius 1 is 1.17 bits per heavy atom. The highest BCUT2D eigenvalue weighted by atomic mass is 79.9. The minimum absolute atomic E-state index is 0.108. The van der Waals surface area contributed by atoms with Gasteiger partial charge in [-0.2, -0.15) is 0 Å². The Labute approximate surface area is 186 Å². The van der Waals surface area contributed by atoms with Crippen LogP contribution in [0.4, 0.5) is 0 Å². The molecule has 0 heterocycles. The van der Waals surface area contributed by atoms with Crippen molar-refractivity contribution >= 4 is 27.7 Å². The highest BCUT2D eigenvalue weighted by Gasteiger charge is 2.28. The summed E-state index contributed by atoms with van der Waals surface area (Å²) in [7, 11) is 0. The second-order valence-corrected chi connectivity index (χ2v) is 8.83. The van der Waals surface area contributed by atoms with Crippen molar-refractivity contribution < 1.29 is 14.3 Å². The average molecular weight is 473 g/mol. The number of amides is 2. The van der Waals surface area contributed by atoms with E-state index in [4.69, 9.17) is 4.74 Å². The van der Waals surface area contributed by atoms with Crippen molar-refractivity contribution in [1.82, 2.24) is 10.2 Å². The van der Waals surface area contributed by atoms with E-state index in [0.717, 1.165) is 41.3 Å². The molecule has 6 heteroatoms. The number of nitrogens with zero attached hydrogens (tertiary/aromatic N) is 1. The molecule has 0 aromatic heterocycles.